The van der Waals surface area contributed by atoms with E-state index in [1.165, 1.54) is 225 Å². The number of carbonyl (C=O) groups is 1. The van der Waals surface area contributed by atoms with Crippen molar-refractivity contribution in [2.75, 3.05) is 4.90 Å². The van der Waals surface area contributed by atoms with Gasteiger partial charge in [-0.05, 0) is 162 Å². The molecule has 3 heteroatoms. The van der Waals surface area contributed by atoms with Gasteiger partial charge in [0.05, 0.1) is 0 Å². The third-order valence-corrected chi connectivity index (χ3v) is 18.1. The van der Waals surface area contributed by atoms with Crippen LogP contribution in [0.1, 0.15) is 241 Å². The second-order valence-corrected chi connectivity index (χ2v) is 23.8. The van der Waals surface area contributed by atoms with Crippen molar-refractivity contribution in [3.63, 3.8) is 0 Å². The van der Waals surface area contributed by atoms with Gasteiger partial charge in [0.25, 0.3) is 0 Å². The summed E-state index contributed by atoms with van der Waals surface area (Å²) >= 11 is 0. The SMILES string of the molecule is C=CC(=O)Oc1ccc(N(c2ccc(C)cc2)c2ccc(-c3ccc4c(c3)C(CCCCCCCC)(CCCCCCCC)c3cc5c(cc3-4)C(CCCCCCCC)(CCCCCCCC)c3cc(C)ccc3-5)cc2)cc1. The molecule has 414 valence electrons. The normalized spacial score (nSPS) is 13.5. The number of aryl methyl sites for hydroxylation is 2. The topological polar surface area (TPSA) is 29.5 Å². The highest BCUT2D eigenvalue weighted by Gasteiger charge is 2.48. The number of fused-ring (bicyclic) bond motifs is 6. The number of esters is 1. The van der Waals surface area contributed by atoms with Gasteiger partial charge >= 0.3 is 5.97 Å². The van der Waals surface area contributed by atoms with E-state index in [9.17, 15) is 4.79 Å². The minimum Gasteiger partial charge on any atom is -0.423 e. The van der Waals surface area contributed by atoms with Crippen molar-refractivity contribution in [3.8, 4) is 39.1 Å². The van der Waals surface area contributed by atoms with Crippen molar-refractivity contribution in [2.24, 2.45) is 0 Å². The van der Waals surface area contributed by atoms with E-state index in [2.05, 4.69) is 150 Å². The van der Waals surface area contributed by atoms with Crippen LogP contribution in [-0.4, -0.2) is 5.97 Å². The third-order valence-electron chi connectivity index (χ3n) is 18.1. The number of hydrogen-bond acceptors (Lipinski definition) is 3. The molecule has 6 aromatic carbocycles. The number of anilines is 3. The first-order valence-corrected chi connectivity index (χ1v) is 31.6. The minimum absolute atomic E-state index is 0.0414. The molecule has 6 aromatic rings. The number of rotatable bonds is 34. The molecule has 0 N–H and O–H groups in total. The molecule has 0 saturated heterocycles. The molecule has 0 unspecified atom stereocenters. The van der Waals surface area contributed by atoms with Crippen LogP contribution in [0.2, 0.25) is 0 Å². The molecule has 2 aliphatic rings. The van der Waals surface area contributed by atoms with Crippen LogP contribution in [0.3, 0.4) is 0 Å². The van der Waals surface area contributed by atoms with Gasteiger partial charge in [0.1, 0.15) is 5.75 Å². The van der Waals surface area contributed by atoms with E-state index in [1.807, 2.05) is 24.3 Å². The predicted molar refractivity (Wildman–Crippen MR) is 336 cm³/mol. The van der Waals surface area contributed by atoms with Crippen molar-refractivity contribution in [2.45, 2.75) is 232 Å². The first-order chi connectivity index (χ1) is 38.2. The van der Waals surface area contributed by atoms with Crippen LogP contribution in [0.15, 0.2) is 134 Å². The lowest BCUT2D eigenvalue weighted by Crippen LogP contribution is -2.27. The van der Waals surface area contributed by atoms with E-state index in [0.717, 1.165) is 17.1 Å². The molecule has 0 radical (unpaired) electrons. The average Bonchev–Trinajstić information content (AvgIpc) is 4.13. The van der Waals surface area contributed by atoms with Gasteiger partial charge in [0, 0.05) is 34.0 Å². The summed E-state index contributed by atoms with van der Waals surface area (Å²) in [6.45, 7) is 17.4. The van der Waals surface area contributed by atoms with Gasteiger partial charge in [0.15, 0.2) is 0 Å². The molecule has 78 heavy (non-hydrogen) atoms. The quantitative estimate of drug-likeness (QED) is 0.0175. The molecular formula is C75H97NO2. The van der Waals surface area contributed by atoms with Gasteiger partial charge in [-0.2, -0.15) is 0 Å². The smallest absolute Gasteiger partial charge is 0.335 e. The van der Waals surface area contributed by atoms with E-state index in [0.29, 0.717) is 5.75 Å². The number of ether oxygens (including phenoxy) is 1. The fraction of sp³-hybridized carbons (Fsp3) is 0.480. The Kier molecular flexibility index (Phi) is 21.7. The Morgan fingerprint density at radius 2 is 0.744 bits per heavy atom. The fourth-order valence-electron chi connectivity index (χ4n) is 13.7. The molecule has 0 heterocycles. The van der Waals surface area contributed by atoms with Gasteiger partial charge in [-0.3, -0.25) is 0 Å². The van der Waals surface area contributed by atoms with E-state index >= 15 is 0 Å². The van der Waals surface area contributed by atoms with Crippen molar-refractivity contribution in [1.82, 2.24) is 0 Å². The Hall–Kier alpha value is -5.67. The van der Waals surface area contributed by atoms with E-state index in [1.54, 1.807) is 27.8 Å². The molecule has 0 amide bonds. The van der Waals surface area contributed by atoms with Crippen molar-refractivity contribution in [3.05, 3.63) is 167 Å². The molecule has 2 aliphatic carbocycles. The second-order valence-electron chi connectivity index (χ2n) is 23.8. The van der Waals surface area contributed by atoms with Crippen molar-refractivity contribution < 1.29 is 9.53 Å². The molecule has 0 bridgehead atoms. The lowest BCUT2D eigenvalue weighted by atomic mass is 9.68. The number of nitrogens with zero attached hydrogens (tertiary/aromatic N) is 1. The summed E-state index contributed by atoms with van der Waals surface area (Å²) in [4.78, 5) is 14.3. The Labute approximate surface area is 473 Å². The Morgan fingerprint density at radius 3 is 1.18 bits per heavy atom. The van der Waals surface area contributed by atoms with Crippen LogP contribution >= 0.6 is 0 Å². The van der Waals surface area contributed by atoms with Crippen LogP contribution in [0.4, 0.5) is 17.1 Å². The Balaban J connectivity index is 1.23. The summed E-state index contributed by atoms with van der Waals surface area (Å²) in [5.74, 6) is 0.0335. The van der Waals surface area contributed by atoms with Gasteiger partial charge in [-0.25, -0.2) is 4.79 Å². The zero-order valence-electron chi connectivity index (χ0n) is 49.4. The highest BCUT2D eigenvalue weighted by molar-refractivity contribution is 5.91. The van der Waals surface area contributed by atoms with Gasteiger partial charge in [-0.1, -0.05) is 254 Å². The number of benzene rings is 6. The molecular weight excluding hydrogens is 947 g/mol. The molecule has 3 nitrogen and oxygen atoms in total. The highest BCUT2D eigenvalue weighted by atomic mass is 16.5. The van der Waals surface area contributed by atoms with Crippen LogP contribution in [0.25, 0.3) is 33.4 Å². The maximum Gasteiger partial charge on any atom is 0.335 e. The van der Waals surface area contributed by atoms with Gasteiger partial charge < -0.3 is 9.64 Å². The summed E-state index contributed by atoms with van der Waals surface area (Å²) in [5, 5.41) is 0. The van der Waals surface area contributed by atoms with Crippen LogP contribution in [0.5, 0.6) is 5.75 Å². The summed E-state index contributed by atoms with van der Waals surface area (Å²) in [5.41, 5.74) is 20.8. The van der Waals surface area contributed by atoms with E-state index < -0.39 is 5.97 Å². The predicted octanol–water partition coefficient (Wildman–Crippen LogP) is 23.1. The zero-order chi connectivity index (χ0) is 54.7. The van der Waals surface area contributed by atoms with E-state index in [-0.39, 0.29) is 10.8 Å². The zero-order valence-corrected chi connectivity index (χ0v) is 49.4. The number of hydrogen-bond donors (Lipinski definition) is 0. The molecule has 8 rings (SSSR count). The molecule has 0 aromatic heterocycles. The van der Waals surface area contributed by atoms with Crippen molar-refractivity contribution >= 4 is 23.0 Å². The lowest BCUT2D eigenvalue weighted by Gasteiger charge is -2.35. The molecule has 0 saturated carbocycles. The first-order valence-electron chi connectivity index (χ1n) is 31.6. The molecule has 0 aliphatic heterocycles. The highest BCUT2D eigenvalue weighted by Crippen LogP contribution is 2.61. The Morgan fingerprint density at radius 1 is 0.397 bits per heavy atom. The maximum absolute atomic E-state index is 12.1. The molecule has 0 spiro atoms. The van der Waals surface area contributed by atoms with Crippen LogP contribution < -0.4 is 9.64 Å². The van der Waals surface area contributed by atoms with Crippen LogP contribution in [0, 0.1) is 13.8 Å². The largest absolute Gasteiger partial charge is 0.423 e. The summed E-state index contributed by atoms with van der Waals surface area (Å²) in [6.07, 6.45) is 37.8. The fourth-order valence-corrected chi connectivity index (χ4v) is 13.7. The summed E-state index contributed by atoms with van der Waals surface area (Å²) in [7, 11) is 0. The first kappa shape index (κ1) is 58.5. The Bertz CT molecular complexity index is 2800. The summed E-state index contributed by atoms with van der Waals surface area (Å²) < 4.78 is 5.47. The standard InChI is InChI=1S/C75H97NO2/c1-8-13-17-21-25-29-49-74(50-30-26-22-18-14-9-2)69-53-58(7)35-47-65(69)67-55-72-68(56-71(67)74)66-48-38-60(54-70(66)75(72,51-31-27-23-19-15-10-3)52-32-28-24-20-16-11-4)59-36-41-62(42-37-59)76(61-39-33-57(6)34-40-61)63-43-45-64(46-44-63)78-73(77)12-5/h12,33-48,53-56H,5,8-11,13-32,49-52H2,1-4,6-7H3. The lowest BCUT2D eigenvalue weighted by molar-refractivity contribution is -0.128. The van der Waals surface area contributed by atoms with Gasteiger partial charge in [-0.15, -0.1) is 0 Å². The van der Waals surface area contributed by atoms with Gasteiger partial charge in [0.2, 0.25) is 0 Å². The molecule has 0 atom stereocenters. The number of carbonyl (C=O) groups excluding carboxylic acids is 1. The number of unbranched alkanes of at least 4 members (excludes halogenated alkanes) is 20. The van der Waals surface area contributed by atoms with Crippen LogP contribution in [-0.2, 0) is 15.6 Å². The monoisotopic (exact) mass is 1040 g/mol. The maximum atomic E-state index is 12.1. The van der Waals surface area contributed by atoms with Crippen molar-refractivity contribution in [1.29, 1.82) is 0 Å². The minimum atomic E-state index is -0.463. The van der Waals surface area contributed by atoms with E-state index in [4.69, 9.17) is 4.74 Å². The molecule has 0 fully saturated rings. The second kappa shape index (κ2) is 29.0. The summed E-state index contributed by atoms with van der Waals surface area (Å²) in [6, 6.07) is 46.5. The third kappa shape index (κ3) is 13.8. The average molecular weight is 1040 g/mol.